The molecule has 0 saturated carbocycles. The zero-order chi connectivity index (χ0) is 15.2. The van der Waals surface area contributed by atoms with Crippen molar-refractivity contribution in [2.24, 2.45) is 5.41 Å². The highest BCUT2D eigenvalue weighted by Crippen LogP contribution is 2.21. The number of carbonyl (C=O) groups excluding carboxylic acids is 1. The first-order chi connectivity index (χ1) is 9.34. The molecule has 1 saturated heterocycles. The number of amides is 1. The van der Waals surface area contributed by atoms with Gasteiger partial charge >= 0.3 is 0 Å². The van der Waals surface area contributed by atoms with Crippen molar-refractivity contribution in [3.05, 3.63) is 0 Å². The summed E-state index contributed by atoms with van der Waals surface area (Å²) < 4.78 is 0. The highest BCUT2D eigenvalue weighted by atomic mass is 16.2. The maximum absolute atomic E-state index is 12.2. The third kappa shape index (κ3) is 5.82. The molecule has 3 heteroatoms. The Kier molecular flexibility index (Phi) is 7.01. The van der Waals surface area contributed by atoms with Gasteiger partial charge in [-0.3, -0.25) is 4.79 Å². The summed E-state index contributed by atoms with van der Waals surface area (Å²) in [6, 6.07) is 1.20. The highest BCUT2D eigenvalue weighted by Gasteiger charge is 2.30. The van der Waals surface area contributed by atoms with E-state index in [1.807, 2.05) is 25.7 Å². The topological polar surface area (TPSA) is 32.3 Å². The number of carbonyl (C=O) groups is 1. The second-order valence-electron chi connectivity index (χ2n) is 7.38. The molecule has 1 N–H and O–H groups in total. The van der Waals surface area contributed by atoms with E-state index in [0.717, 1.165) is 25.9 Å². The minimum absolute atomic E-state index is 0.242. The molecule has 118 valence electrons. The quantitative estimate of drug-likeness (QED) is 0.755. The van der Waals surface area contributed by atoms with Crippen LogP contribution in [0.2, 0.25) is 0 Å². The molecule has 1 unspecified atom stereocenters. The molecule has 1 fully saturated rings. The predicted molar refractivity (Wildman–Crippen MR) is 85.8 cm³/mol. The average molecular weight is 282 g/mol. The summed E-state index contributed by atoms with van der Waals surface area (Å²) in [6.45, 7) is 12.4. The van der Waals surface area contributed by atoms with Gasteiger partial charge in [-0.2, -0.15) is 0 Å². The van der Waals surface area contributed by atoms with Crippen molar-refractivity contribution >= 4 is 5.91 Å². The van der Waals surface area contributed by atoms with Gasteiger partial charge in [-0.15, -0.1) is 0 Å². The molecule has 0 aromatic heterocycles. The van der Waals surface area contributed by atoms with Gasteiger partial charge in [0.2, 0.25) is 5.91 Å². The fourth-order valence-electron chi connectivity index (χ4n) is 2.91. The van der Waals surface area contributed by atoms with E-state index in [0.29, 0.717) is 18.0 Å². The van der Waals surface area contributed by atoms with E-state index >= 15 is 0 Å². The molecule has 1 atom stereocenters. The number of nitrogens with zero attached hydrogens (tertiary/aromatic N) is 1. The molecule has 3 nitrogen and oxygen atoms in total. The number of hydrogen-bond donors (Lipinski definition) is 1. The summed E-state index contributed by atoms with van der Waals surface area (Å²) in [5.41, 5.74) is -0.242. The molecule has 0 aromatic rings. The van der Waals surface area contributed by atoms with Crippen molar-refractivity contribution in [3.63, 3.8) is 0 Å². The van der Waals surface area contributed by atoms with Crippen molar-refractivity contribution in [3.8, 4) is 0 Å². The Labute approximate surface area is 125 Å². The fourth-order valence-corrected chi connectivity index (χ4v) is 2.91. The smallest absolute Gasteiger partial charge is 0.227 e. The van der Waals surface area contributed by atoms with Crippen LogP contribution in [0.25, 0.3) is 0 Å². The molecule has 20 heavy (non-hydrogen) atoms. The minimum atomic E-state index is -0.242. The number of rotatable bonds is 6. The summed E-state index contributed by atoms with van der Waals surface area (Å²) in [4.78, 5) is 14.3. The molecular formula is C17H34N2O. The molecule has 0 bridgehead atoms. The Morgan fingerprint density at radius 2 is 1.85 bits per heavy atom. The molecular weight excluding hydrogens is 248 g/mol. The molecule has 0 aromatic carbocycles. The van der Waals surface area contributed by atoms with Gasteiger partial charge in [0.15, 0.2) is 0 Å². The zero-order valence-electron chi connectivity index (χ0n) is 14.2. The van der Waals surface area contributed by atoms with E-state index in [4.69, 9.17) is 0 Å². The lowest BCUT2D eigenvalue weighted by atomic mass is 9.92. The van der Waals surface area contributed by atoms with Gasteiger partial charge in [0.25, 0.3) is 0 Å². The van der Waals surface area contributed by atoms with E-state index < -0.39 is 0 Å². The standard InChI is InChI=1S/C17H34N2O/c1-6-7-8-9-14(2)18-15-10-12-19(13-11-15)16(20)17(3,4)5/h14-15,18H,6-13H2,1-5H3. The molecule has 1 rings (SSSR count). The van der Waals surface area contributed by atoms with Gasteiger partial charge in [-0.25, -0.2) is 0 Å². The average Bonchev–Trinajstić information content (AvgIpc) is 2.38. The van der Waals surface area contributed by atoms with E-state index in [2.05, 4.69) is 19.2 Å². The third-order valence-corrected chi connectivity index (χ3v) is 4.18. The van der Waals surface area contributed by atoms with Crippen molar-refractivity contribution in [2.75, 3.05) is 13.1 Å². The molecule has 1 aliphatic heterocycles. The summed E-state index contributed by atoms with van der Waals surface area (Å²) >= 11 is 0. The maximum atomic E-state index is 12.2. The normalized spacial score (nSPS) is 19.1. The Balaban J connectivity index is 2.27. The molecule has 0 radical (unpaired) electrons. The van der Waals surface area contributed by atoms with Gasteiger partial charge in [0.1, 0.15) is 0 Å². The maximum Gasteiger partial charge on any atom is 0.227 e. The third-order valence-electron chi connectivity index (χ3n) is 4.18. The molecule has 0 spiro atoms. The van der Waals surface area contributed by atoms with Crippen molar-refractivity contribution in [2.45, 2.75) is 85.2 Å². The molecule has 1 aliphatic rings. The number of likely N-dealkylation sites (tertiary alicyclic amines) is 1. The van der Waals surface area contributed by atoms with Crippen LogP contribution in [0.3, 0.4) is 0 Å². The van der Waals surface area contributed by atoms with Gasteiger partial charge in [0.05, 0.1) is 0 Å². The number of unbranched alkanes of at least 4 members (excludes halogenated alkanes) is 2. The first-order valence-electron chi connectivity index (χ1n) is 8.40. The summed E-state index contributed by atoms with van der Waals surface area (Å²) in [7, 11) is 0. The van der Waals surface area contributed by atoms with Gasteiger partial charge in [-0.1, -0.05) is 47.0 Å². The van der Waals surface area contributed by atoms with E-state index in [1.54, 1.807) is 0 Å². The Hall–Kier alpha value is -0.570. The van der Waals surface area contributed by atoms with Crippen LogP contribution < -0.4 is 5.32 Å². The number of nitrogens with one attached hydrogen (secondary N) is 1. The zero-order valence-corrected chi connectivity index (χ0v) is 14.2. The lowest BCUT2D eigenvalue weighted by molar-refractivity contribution is -0.140. The first-order valence-corrected chi connectivity index (χ1v) is 8.40. The Morgan fingerprint density at radius 3 is 2.35 bits per heavy atom. The molecule has 1 amide bonds. The minimum Gasteiger partial charge on any atom is -0.342 e. The monoisotopic (exact) mass is 282 g/mol. The number of hydrogen-bond acceptors (Lipinski definition) is 2. The highest BCUT2D eigenvalue weighted by molar-refractivity contribution is 5.81. The molecule has 0 aliphatic carbocycles. The fraction of sp³-hybridized carbons (Fsp3) is 0.941. The van der Waals surface area contributed by atoms with E-state index in [9.17, 15) is 4.79 Å². The van der Waals surface area contributed by atoms with Crippen molar-refractivity contribution in [1.29, 1.82) is 0 Å². The SMILES string of the molecule is CCCCCC(C)NC1CCN(C(=O)C(C)(C)C)CC1. The van der Waals surface area contributed by atoms with Crippen LogP contribution in [0.15, 0.2) is 0 Å². The lowest BCUT2D eigenvalue weighted by Gasteiger charge is -2.37. The van der Waals surface area contributed by atoms with Gasteiger partial charge in [-0.05, 0) is 26.2 Å². The number of piperidine rings is 1. The van der Waals surface area contributed by atoms with E-state index in [-0.39, 0.29) is 5.41 Å². The Morgan fingerprint density at radius 1 is 1.25 bits per heavy atom. The van der Waals surface area contributed by atoms with Crippen LogP contribution in [-0.4, -0.2) is 36.0 Å². The van der Waals surface area contributed by atoms with Crippen LogP contribution in [0.1, 0.15) is 73.1 Å². The lowest BCUT2D eigenvalue weighted by Crippen LogP contribution is -2.49. The second-order valence-corrected chi connectivity index (χ2v) is 7.38. The van der Waals surface area contributed by atoms with Crippen LogP contribution in [0.5, 0.6) is 0 Å². The van der Waals surface area contributed by atoms with Crippen LogP contribution >= 0.6 is 0 Å². The summed E-state index contributed by atoms with van der Waals surface area (Å²) in [6.07, 6.45) is 7.42. The second kappa shape index (κ2) is 8.02. The molecule has 1 heterocycles. The van der Waals surface area contributed by atoms with Gasteiger partial charge < -0.3 is 10.2 Å². The van der Waals surface area contributed by atoms with Gasteiger partial charge in [0, 0.05) is 30.6 Å². The predicted octanol–water partition coefficient (Wildman–Crippen LogP) is 3.58. The van der Waals surface area contributed by atoms with Crippen molar-refractivity contribution in [1.82, 2.24) is 10.2 Å². The van der Waals surface area contributed by atoms with Crippen LogP contribution in [0.4, 0.5) is 0 Å². The summed E-state index contributed by atoms with van der Waals surface area (Å²) in [5, 5.41) is 3.74. The van der Waals surface area contributed by atoms with E-state index in [1.165, 1.54) is 25.7 Å². The van der Waals surface area contributed by atoms with Crippen molar-refractivity contribution < 1.29 is 4.79 Å². The van der Waals surface area contributed by atoms with Crippen LogP contribution in [-0.2, 0) is 4.79 Å². The van der Waals surface area contributed by atoms with Crippen LogP contribution in [0, 0.1) is 5.41 Å². The summed E-state index contributed by atoms with van der Waals surface area (Å²) in [5.74, 6) is 0.298. The first kappa shape index (κ1) is 17.5. The largest absolute Gasteiger partial charge is 0.342 e. The Bertz CT molecular complexity index is 288.